The van der Waals surface area contributed by atoms with Crippen LogP contribution < -0.4 is 10.6 Å². The SMILES string of the molecule is CCNC(=NCCS(=O)(=O)C(C)(C)C)NCCc1ccc(F)cc1. The highest BCUT2D eigenvalue weighted by Gasteiger charge is 2.28. The summed E-state index contributed by atoms with van der Waals surface area (Å²) in [4.78, 5) is 4.31. The van der Waals surface area contributed by atoms with Crippen LogP contribution in [0.3, 0.4) is 0 Å². The highest BCUT2D eigenvalue weighted by molar-refractivity contribution is 7.92. The van der Waals surface area contributed by atoms with Crippen molar-refractivity contribution in [2.45, 2.75) is 38.9 Å². The molecule has 0 aliphatic rings. The Bertz CT molecular complexity index is 635. The molecule has 0 saturated heterocycles. The summed E-state index contributed by atoms with van der Waals surface area (Å²) >= 11 is 0. The second kappa shape index (κ2) is 9.01. The number of aliphatic imine (C=N–C) groups is 1. The van der Waals surface area contributed by atoms with Crippen LogP contribution in [0, 0.1) is 5.82 Å². The third-order valence-electron chi connectivity index (χ3n) is 3.53. The maximum atomic E-state index is 12.9. The van der Waals surface area contributed by atoms with E-state index in [1.165, 1.54) is 12.1 Å². The molecule has 0 radical (unpaired) electrons. The predicted octanol–water partition coefficient (Wildman–Crippen LogP) is 2.14. The van der Waals surface area contributed by atoms with Gasteiger partial charge in [-0.1, -0.05) is 12.1 Å². The summed E-state index contributed by atoms with van der Waals surface area (Å²) in [7, 11) is -3.17. The molecular formula is C17H28FN3O2S. The fourth-order valence-corrected chi connectivity index (χ4v) is 2.85. The molecule has 0 amide bonds. The van der Waals surface area contributed by atoms with E-state index in [-0.39, 0.29) is 18.1 Å². The molecule has 2 N–H and O–H groups in total. The lowest BCUT2D eigenvalue weighted by atomic mass is 10.1. The molecule has 0 unspecified atom stereocenters. The van der Waals surface area contributed by atoms with Crippen molar-refractivity contribution < 1.29 is 12.8 Å². The van der Waals surface area contributed by atoms with Crippen LogP contribution in [0.2, 0.25) is 0 Å². The molecular weight excluding hydrogens is 329 g/mol. The van der Waals surface area contributed by atoms with Crippen molar-refractivity contribution in [2.75, 3.05) is 25.4 Å². The first-order valence-corrected chi connectivity index (χ1v) is 9.80. The lowest BCUT2D eigenvalue weighted by molar-refractivity contribution is 0.560. The van der Waals surface area contributed by atoms with Crippen LogP contribution in [0.5, 0.6) is 0 Å². The molecule has 0 aromatic heterocycles. The molecule has 24 heavy (non-hydrogen) atoms. The molecule has 0 aliphatic heterocycles. The van der Waals surface area contributed by atoms with Gasteiger partial charge in [-0.3, -0.25) is 4.99 Å². The Morgan fingerprint density at radius 2 is 1.79 bits per heavy atom. The van der Waals surface area contributed by atoms with Gasteiger partial charge in [0.1, 0.15) is 5.82 Å². The van der Waals surface area contributed by atoms with Crippen molar-refractivity contribution in [3.63, 3.8) is 0 Å². The Labute approximate surface area is 144 Å². The Morgan fingerprint density at radius 3 is 2.33 bits per heavy atom. The first-order valence-electron chi connectivity index (χ1n) is 8.14. The zero-order valence-corrected chi connectivity index (χ0v) is 15.7. The minimum absolute atomic E-state index is 0.0189. The summed E-state index contributed by atoms with van der Waals surface area (Å²) in [5.41, 5.74) is 1.02. The van der Waals surface area contributed by atoms with E-state index in [0.29, 0.717) is 19.0 Å². The molecule has 7 heteroatoms. The normalized spacial score (nSPS) is 13.0. The number of sulfone groups is 1. The van der Waals surface area contributed by atoms with E-state index in [9.17, 15) is 12.8 Å². The van der Waals surface area contributed by atoms with E-state index in [1.807, 2.05) is 6.92 Å². The molecule has 0 atom stereocenters. The predicted molar refractivity (Wildman–Crippen MR) is 97.6 cm³/mol. The molecule has 0 fully saturated rings. The number of hydrogen-bond acceptors (Lipinski definition) is 3. The molecule has 0 spiro atoms. The maximum absolute atomic E-state index is 12.9. The van der Waals surface area contributed by atoms with Gasteiger partial charge in [0.15, 0.2) is 15.8 Å². The number of guanidine groups is 1. The van der Waals surface area contributed by atoms with Crippen LogP contribution in [-0.4, -0.2) is 44.5 Å². The fourth-order valence-electron chi connectivity index (χ4n) is 1.90. The van der Waals surface area contributed by atoms with Gasteiger partial charge in [-0.05, 0) is 51.8 Å². The standard InChI is InChI=1S/C17H28FN3O2S/c1-5-19-16(21-12-13-24(22,23)17(2,3)4)20-11-10-14-6-8-15(18)9-7-14/h6-9H,5,10-13H2,1-4H3,(H2,19,20,21). The van der Waals surface area contributed by atoms with Crippen LogP contribution in [0.15, 0.2) is 29.3 Å². The molecule has 0 heterocycles. The highest BCUT2D eigenvalue weighted by atomic mass is 32.2. The highest BCUT2D eigenvalue weighted by Crippen LogP contribution is 2.15. The van der Waals surface area contributed by atoms with Crippen molar-refractivity contribution in [2.24, 2.45) is 4.99 Å². The monoisotopic (exact) mass is 357 g/mol. The molecule has 0 aliphatic carbocycles. The van der Waals surface area contributed by atoms with Gasteiger partial charge in [0.05, 0.1) is 17.0 Å². The van der Waals surface area contributed by atoms with Crippen molar-refractivity contribution in [3.8, 4) is 0 Å². The molecule has 136 valence electrons. The van der Waals surface area contributed by atoms with Gasteiger partial charge < -0.3 is 10.6 Å². The number of benzene rings is 1. The van der Waals surface area contributed by atoms with Gasteiger partial charge in [0, 0.05) is 13.1 Å². The van der Waals surface area contributed by atoms with Gasteiger partial charge in [-0.2, -0.15) is 0 Å². The fraction of sp³-hybridized carbons (Fsp3) is 0.588. The van der Waals surface area contributed by atoms with Gasteiger partial charge >= 0.3 is 0 Å². The van der Waals surface area contributed by atoms with Crippen molar-refractivity contribution in [3.05, 3.63) is 35.6 Å². The zero-order chi connectivity index (χ0) is 18.2. The summed E-state index contributed by atoms with van der Waals surface area (Å²) < 4.78 is 36.3. The van der Waals surface area contributed by atoms with E-state index >= 15 is 0 Å². The number of nitrogens with one attached hydrogen (secondary N) is 2. The van der Waals surface area contributed by atoms with Crippen LogP contribution in [0.25, 0.3) is 0 Å². The summed E-state index contributed by atoms with van der Waals surface area (Å²) in [6.07, 6.45) is 0.727. The smallest absolute Gasteiger partial charge is 0.191 e. The van der Waals surface area contributed by atoms with E-state index in [4.69, 9.17) is 0 Å². The Morgan fingerprint density at radius 1 is 1.17 bits per heavy atom. The number of rotatable bonds is 7. The average molecular weight is 357 g/mol. The summed E-state index contributed by atoms with van der Waals surface area (Å²) in [6, 6.07) is 6.37. The van der Waals surface area contributed by atoms with Crippen LogP contribution in [-0.2, 0) is 16.3 Å². The van der Waals surface area contributed by atoms with Crippen molar-refractivity contribution in [1.82, 2.24) is 10.6 Å². The van der Waals surface area contributed by atoms with Gasteiger partial charge in [-0.25, -0.2) is 12.8 Å². The van der Waals surface area contributed by atoms with Gasteiger partial charge in [-0.15, -0.1) is 0 Å². The number of hydrogen-bond donors (Lipinski definition) is 2. The third kappa shape index (κ3) is 6.86. The Balaban J connectivity index is 2.52. The number of nitrogens with zero attached hydrogens (tertiary/aromatic N) is 1. The Kier molecular flexibility index (Phi) is 7.66. The minimum Gasteiger partial charge on any atom is -0.357 e. The van der Waals surface area contributed by atoms with Gasteiger partial charge in [0.2, 0.25) is 0 Å². The summed E-state index contributed by atoms with van der Waals surface area (Å²) in [5, 5.41) is 6.25. The summed E-state index contributed by atoms with van der Waals surface area (Å²) in [5.74, 6) is 0.357. The average Bonchev–Trinajstić information content (AvgIpc) is 2.48. The van der Waals surface area contributed by atoms with Crippen LogP contribution >= 0.6 is 0 Å². The Hall–Kier alpha value is -1.63. The van der Waals surface area contributed by atoms with Crippen molar-refractivity contribution in [1.29, 1.82) is 0 Å². The number of halogens is 1. The lowest BCUT2D eigenvalue weighted by Crippen LogP contribution is -2.39. The molecule has 1 aromatic carbocycles. The lowest BCUT2D eigenvalue weighted by Gasteiger charge is -2.18. The van der Waals surface area contributed by atoms with Crippen LogP contribution in [0.4, 0.5) is 4.39 Å². The minimum atomic E-state index is -3.17. The molecule has 0 saturated carbocycles. The molecule has 1 rings (SSSR count). The largest absolute Gasteiger partial charge is 0.357 e. The maximum Gasteiger partial charge on any atom is 0.191 e. The van der Waals surface area contributed by atoms with E-state index < -0.39 is 14.6 Å². The van der Waals surface area contributed by atoms with E-state index in [2.05, 4.69) is 15.6 Å². The second-order valence-electron chi connectivity index (χ2n) is 6.50. The van der Waals surface area contributed by atoms with E-state index in [1.54, 1.807) is 32.9 Å². The zero-order valence-electron chi connectivity index (χ0n) is 14.9. The van der Waals surface area contributed by atoms with Gasteiger partial charge in [0.25, 0.3) is 0 Å². The second-order valence-corrected chi connectivity index (χ2v) is 9.36. The van der Waals surface area contributed by atoms with Crippen LogP contribution in [0.1, 0.15) is 33.3 Å². The molecule has 0 bridgehead atoms. The third-order valence-corrected chi connectivity index (χ3v) is 6.11. The first kappa shape index (κ1) is 20.4. The quantitative estimate of drug-likeness (QED) is 0.579. The van der Waals surface area contributed by atoms with E-state index in [0.717, 1.165) is 12.0 Å². The van der Waals surface area contributed by atoms with Crippen molar-refractivity contribution >= 4 is 15.8 Å². The summed E-state index contributed by atoms with van der Waals surface area (Å²) in [6.45, 7) is 8.56. The first-order chi connectivity index (χ1) is 11.2. The molecule has 1 aromatic rings. The molecule has 5 nitrogen and oxygen atoms in total. The topological polar surface area (TPSA) is 70.6 Å².